The second kappa shape index (κ2) is 9.60. The lowest BCUT2D eigenvalue weighted by Gasteiger charge is -2.35. The molecule has 0 bridgehead atoms. The van der Waals surface area contributed by atoms with E-state index in [1.807, 2.05) is 12.1 Å². The fraction of sp³-hybridized carbons (Fsp3) is 0.182. The van der Waals surface area contributed by atoms with Gasteiger partial charge in [-0.25, -0.2) is 0 Å². The van der Waals surface area contributed by atoms with Crippen LogP contribution >= 0.6 is 0 Å². The Morgan fingerprint density at radius 2 is 1.12 bits per heavy atom. The summed E-state index contributed by atoms with van der Waals surface area (Å²) >= 11 is 0. The Kier molecular flexibility index (Phi) is 5.60. The first-order chi connectivity index (χ1) is 23.5. The van der Waals surface area contributed by atoms with Crippen molar-refractivity contribution in [2.45, 2.75) is 52.4 Å². The highest BCUT2D eigenvalue weighted by molar-refractivity contribution is 6.98. The van der Waals surface area contributed by atoms with E-state index in [-0.39, 0.29) is 17.5 Å². The lowest BCUT2D eigenvalue weighted by atomic mass is 9.34. The molecule has 0 amide bonds. The molecule has 4 nitrogen and oxygen atoms in total. The Hall–Kier alpha value is -5.42. The van der Waals surface area contributed by atoms with E-state index in [1.54, 1.807) is 0 Å². The van der Waals surface area contributed by atoms with Crippen molar-refractivity contribution in [2.24, 2.45) is 0 Å². The summed E-state index contributed by atoms with van der Waals surface area (Å²) in [6, 6.07) is 39.2. The summed E-state index contributed by atoms with van der Waals surface area (Å²) in [5.41, 5.74) is 10.9. The van der Waals surface area contributed by atoms with Crippen LogP contribution in [-0.4, -0.2) is 11.3 Å². The van der Waals surface area contributed by atoms with E-state index in [1.165, 1.54) is 32.8 Å². The molecule has 2 aliphatic rings. The van der Waals surface area contributed by atoms with Gasteiger partial charge >= 0.3 is 0 Å². The Bertz CT molecular complexity index is 2610. The predicted octanol–water partition coefficient (Wildman–Crippen LogP) is 10.0. The van der Waals surface area contributed by atoms with Crippen LogP contribution in [0, 0.1) is 0 Å². The molecule has 0 radical (unpaired) electrons. The maximum atomic E-state index is 6.95. The number of aromatic nitrogens is 1. The minimum Gasteiger partial charge on any atom is -0.458 e. The number of rotatable bonds is 1. The van der Waals surface area contributed by atoms with Crippen molar-refractivity contribution in [1.82, 2.24) is 4.57 Å². The van der Waals surface area contributed by atoms with Crippen molar-refractivity contribution in [3.63, 3.8) is 0 Å². The van der Waals surface area contributed by atoms with Crippen molar-refractivity contribution < 1.29 is 13.9 Å². The van der Waals surface area contributed by atoms with Crippen molar-refractivity contribution in [1.29, 1.82) is 0 Å². The number of hydrogen-bond acceptors (Lipinski definition) is 3. The lowest BCUT2D eigenvalue weighted by molar-refractivity contribution is 0.461. The molecular formula is C44H36BNO3. The second-order valence-corrected chi connectivity index (χ2v) is 15.8. The summed E-state index contributed by atoms with van der Waals surface area (Å²) in [5, 5.41) is 4.58. The third kappa shape index (κ3) is 4.05. The van der Waals surface area contributed by atoms with E-state index in [0.717, 1.165) is 67.1 Å². The third-order valence-corrected chi connectivity index (χ3v) is 10.6. The molecule has 2 aliphatic heterocycles. The van der Waals surface area contributed by atoms with Gasteiger partial charge in [-0.3, -0.25) is 0 Å². The first-order valence-electron chi connectivity index (χ1n) is 17.2. The van der Waals surface area contributed by atoms with Crippen LogP contribution < -0.4 is 25.9 Å². The monoisotopic (exact) mass is 637 g/mol. The Balaban J connectivity index is 1.29. The number of nitrogens with zero attached hydrogens (tertiary/aromatic N) is 1. The van der Waals surface area contributed by atoms with Crippen LogP contribution in [0.15, 0.2) is 114 Å². The molecular weight excluding hydrogens is 601 g/mol. The predicted molar refractivity (Wildman–Crippen MR) is 203 cm³/mol. The van der Waals surface area contributed by atoms with Crippen molar-refractivity contribution in [3.8, 4) is 28.7 Å². The van der Waals surface area contributed by atoms with Gasteiger partial charge in [0, 0.05) is 33.8 Å². The zero-order valence-electron chi connectivity index (χ0n) is 28.6. The Labute approximate surface area is 286 Å². The molecule has 49 heavy (non-hydrogen) atoms. The summed E-state index contributed by atoms with van der Waals surface area (Å²) in [7, 11) is 0. The Morgan fingerprint density at radius 3 is 1.76 bits per heavy atom. The summed E-state index contributed by atoms with van der Waals surface area (Å²) in [4.78, 5) is 0. The molecule has 0 aliphatic carbocycles. The molecule has 0 saturated carbocycles. The average molecular weight is 638 g/mol. The average Bonchev–Trinajstić information content (AvgIpc) is 3.62. The maximum absolute atomic E-state index is 6.95. The largest absolute Gasteiger partial charge is 0.458 e. The fourth-order valence-electron chi connectivity index (χ4n) is 8.07. The van der Waals surface area contributed by atoms with Gasteiger partial charge in [-0.05, 0) is 69.3 Å². The highest BCUT2D eigenvalue weighted by atomic mass is 16.5. The normalized spacial score (nSPS) is 13.8. The van der Waals surface area contributed by atoms with Crippen LogP contribution in [0.25, 0.3) is 49.4 Å². The van der Waals surface area contributed by atoms with E-state index in [2.05, 4.69) is 143 Å². The van der Waals surface area contributed by atoms with Crippen molar-refractivity contribution in [2.75, 3.05) is 0 Å². The van der Waals surface area contributed by atoms with Crippen LogP contribution in [0.4, 0.5) is 0 Å². The summed E-state index contributed by atoms with van der Waals surface area (Å²) in [6.07, 6.45) is 0. The number of furan rings is 1. The van der Waals surface area contributed by atoms with Gasteiger partial charge in [-0.1, -0.05) is 102 Å². The van der Waals surface area contributed by atoms with Crippen LogP contribution in [0.5, 0.6) is 23.0 Å². The second-order valence-electron chi connectivity index (χ2n) is 15.8. The first kappa shape index (κ1) is 28.6. The van der Waals surface area contributed by atoms with Crippen molar-refractivity contribution >= 4 is 66.8 Å². The number of ether oxygens (including phenoxy) is 2. The fourth-order valence-corrected chi connectivity index (χ4v) is 8.07. The zero-order chi connectivity index (χ0) is 33.4. The number of benzene rings is 6. The molecule has 238 valence electrons. The Morgan fingerprint density at radius 1 is 0.531 bits per heavy atom. The van der Waals surface area contributed by atoms with Gasteiger partial charge in [0.15, 0.2) is 0 Å². The third-order valence-electron chi connectivity index (χ3n) is 10.6. The molecule has 4 heterocycles. The highest BCUT2D eigenvalue weighted by Gasteiger charge is 2.41. The van der Waals surface area contributed by atoms with Crippen molar-refractivity contribution in [3.05, 3.63) is 120 Å². The highest BCUT2D eigenvalue weighted by Crippen LogP contribution is 2.44. The number of para-hydroxylation sites is 2. The SMILES string of the molecule is CC(C)(C)c1ccc2c(c1)Oc1cc(-n3c4ccccc4c4ccc5oc6ccccc6c5c43)cc3c1B2c1ccc(C(C)(C)C)cc1O3. The van der Waals surface area contributed by atoms with Crippen LogP contribution in [0.3, 0.4) is 0 Å². The van der Waals surface area contributed by atoms with Crippen LogP contribution in [-0.2, 0) is 10.8 Å². The quantitative estimate of drug-likeness (QED) is 0.168. The smallest absolute Gasteiger partial charge is 0.260 e. The van der Waals surface area contributed by atoms with Gasteiger partial charge in [0.05, 0.1) is 22.1 Å². The van der Waals surface area contributed by atoms with Crippen LogP contribution in [0.2, 0.25) is 0 Å². The molecule has 10 rings (SSSR count). The number of hydrogen-bond donors (Lipinski definition) is 0. The van der Waals surface area contributed by atoms with Gasteiger partial charge in [-0.2, -0.15) is 0 Å². The van der Waals surface area contributed by atoms with E-state index in [4.69, 9.17) is 13.9 Å². The summed E-state index contributed by atoms with van der Waals surface area (Å²) < 4.78 is 22.7. The minimum atomic E-state index is -0.0113. The van der Waals surface area contributed by atoms with Gasteiger partial charge in [0.1, 0.15) is 34.2 Å². The van der Waals surface area contributed by atoms with Gasteiger partial charge in [0.25, 0.3) is 6.71 Å². The minimum absolute atomic E-state index is 0.00254. The molecule has 0 atom stereocenters. The summed E-state index contributed by atoms with van der Waals surface area (Å²) in [6.45, 7) is 13.5. The van der Waals surface area contributed by atoms with Gasteiger partial charge in [0.2, 0.25) is 0 Å². The molecule has 0 spiro atoms. The number of fused-ring (bicyclic) bond motifs is 11. The molecule has 0 saturated heterocycles. The van der Waals surface area contributed by atoms with Gasteiger partial charge in [-0.15, -0.1) is 0 Å². The molecule has 6 aromatic carbocycles. The molecule has 0 fully saturated rings. The zero-order valence-corrected chi connectivity index (χ0v) is 28.6. The van der Waals surface area contributed by atoms with Crippen LogP contribution in [0.1, 0.15) is 52.7 Å². The topological polar surface area (TPSA) is 36.5 Å². The molecule has 5 heteroatoms. The molecule has 0 N–H and O–H groups in total. The maximum Gasteiger partial charge on any atom is 0.260 e. The van der Waals surface area contributed by atoms with E-state index in [0.29, 0.717) is 0 Å². The molecule has 2 aromatic heterocycles. The van der Waals surface area contributed by atoms with Gasteiger partial charge < -0.3 is 18.5 Å². The van der Waals surface area contributed by atoms with E-state index < -0.39 is 0 Å². The standard InChI is InChI=1S/C44H36BNO3/c1-43(2,3)25-15-18-31-36(21-25)48-38-23-27(24-39-41(38)45(31)32-19-16-26(44(4,5)6)22-37(32)49-39)46-33-13-9-7-11-28(33)29-17-20-35-40(42(29)46)30-12-8-10-14-34(30)47-35/h7-24H,1-6H3. The summed E-state index contributed by atoms with van der Waals surface area (Å²) in [5.74, 6) is 3.48. The van der Waals surface area contributed by atoms with E-state index in [9.17, 15) is 0 Å². The lowest BCUT2D eigenvalue weighted by Crippen LogP contribution is -2.57. The first-order valence-corrected chi connectivity index (χ1v) is 17.2. The molecule has 8 aromatic rings. The van der Waals surface area contributed by atoms with E-state index >= 15 is 0 Å². The molecule has 0 unspecified atom stereocenters.